The number of nitrogens with one attached hydrogen (secondary N) is 1. The zero-order valence-corrected chi connectivity index (χ0v) is 21.9. The molecule has 1 heterocycles. The molecule has 36 heavy (non-hydrogen) atoms. The van der Waals surface area contributed by atoms with E-state index in [-0.39, 0.29) is 32.8 Å². The number of nitrogens with zero attached hydrogens (tertiary/aromatic N) is 1. The number of hydrogen-bond acceptors (Lipinski definition) is 8. The van der Waals surface area contributed by atoms with Crippen molar-refractivity contribution in [2.45, 2.75) is 13.3 Å². The second-order valence-corrected chi connectivity index (χ2v) is 9.19. The Morgan fingerprint density at radius 1 is 1.08 bits per heavy atom. The number of rotatable bonds is 9. The van der Waals surface area contributed by atoms with Crippen LogP contribution in [0.2, 0.25) is 10.0 Å². The molecule has 190 valence electrons. The third-order valence-electron chi connectivity index (χ3n) is 4.84. The predicted molar refractivity (Wildman–Crippen MR) is 138 cm³/mol. The van der Waals surface area contributed by atoms with Crippen LogP contribution in [0.4, 0.5) is 10.5 Å². The third kappa shape index (κ3) is 6.31. The van der Waals surface area contributed by atoms with Gasteiger partial charge in [-0.2, -0.15) is 0 Å². The van der Waals surface area contributed by atoms with Crippen molar-refractivity contribution in [3.05, 3.63) is 56.4 Å². The SMILES string of the molecule is CCCOC(=O)c1cc(NC(=O)CN2C(=O)S/C(=C\c3cc(Cl)c(OC)c(OC)c3)C2=O)ccc1Cl. The predicted octanol–water partition coefficient (Wildman–Crippen LogP) is 5.25. The molecule has 0 spiro atoms. The van der Waals surface area contributed by atoms with E-state index in [2.05, 4.69) is 5.32 Å². The molecule has 0 saturated carbocycles. The third-order valence-corrected chi connectivity index (χ3v) is 6.35. The average molecular weight is 553 g/mol. The first-order valence-electron chi connectivity index (χ1n) is 10.6. The van der Waals surface area contributed by atoms with Gasteiger partial charge in [-0.15, -0.1) is 0 Å². The lowest BCUT2D eigenvalue weighted by molar-refractivity contribution is -0.127. The van der Waals surface area contributed by atoms with Crippen LogP contribution in [0, 0.1) is 0 Å². The first-order valence-corrected chi connectivity index (χ1v) is 12.2. The Bertz CT molecular complexity index is 1250. The molecule has 9 nitrogen and oxygen atoms in total. The van der Waals surface area contributed by atoms with Crippen molar-refractivity contribution in [3.63, 3.8) is 0 Å². The Morgan fingerprint density at radius 3 is 2.50 bits per heavy atom. The van der Waals surface area contributed by atoms with Gasteiger partial charge in [0.25, 0.3) is 11.1 Å². The van der Waals surface area contributed by atoms with Crippen LogP contribution in [0.15, 0.2) is 35.2 Å². The highest BCUT2D eigenvalue weighted by Crippen LogP contribution is 2.38. The normalized spacial score (nSPS) is 14.2. The molecule has 1 fully saturated rings. The first-order chi connectivity index (χ1) is 17.2. The van der Waals surface area contributed by atoms with Gasteiger partial charge in [-0.05, 0) is 60.2 Å². The van der Waals surface area contributed by atoms with Crippen molar-refractivity contribution >= 4 is 69.8 Å². The molecule has 0 radical (unpaired) electrons. The van der Waals surface area contributed by atoms with Gasteiger partial charge in [-0.3, -0.25) is 19.3 Å². The number of amides is 3. The van der Waals surface area contributed by atoms with E-state index in [9.17, 15) is 19.2 Å². The van der Waals surface area contributed by atoms with Gasteiger partial charge in [0.15, 0.2) is 11.5 Å². The molecule has 1 aliphatic rings. The molecule has 1 saturated heterocycles. The molecule has 0 atom stereocenters. The molecule has 2 aromatic carbocycles. The number of thioether (sulfide) groups is 1. The van der Waals surface area contributed by atoms with Crippen molar-refractivity contribution in [3.8, 4) is 11.5 Å². The highest BCUT2D eigenvalue weighted by Gasteiger charge is 2.36. The molecule has 3 rings (SSSR count). The summed E-state index contributed by atoms with van der Waals surface area (Å²) in [6.07, 6.45) is 2.12. The molecule has 3 amide bonds. The van der Waals surface area contributed by atoms with Gasteiger partial charge >= 0.3 is 5.97 Å². The number of carbonyl (C=O) groups is 4. The Morgan fingerprint density at radius 2 is 1.83 bits per heavy atom. The standard InChI is InChI=1S/C24H22Cl2N2O7S/c1-4-7-35-23(31)15-11-14(5-6-16(15)25)27-20(29)12-28-22(30)19(36-24(28)32)10-13-8-17(26)21(34-3)18(9-13)33-2/h5-6,8-11H,4,7,12H2,1-3H3,(H,27,29)/b19-10-. The summed E-state index contributed by atoms with van der Waals surface area (Å²) in [6, 6.07) is 7.47. The number of hydrogen-bond donors (Lipinski definition) is 1. The monoisotopic (exact) mass is 552 g/mol. The molecular formula is C24H22Cl2N2O7S. The van der Waals surface area contributed by atoms with Gasteiger partial charge in [0.2, 0.25) is 5.91 Å². The van der Waals surface area contributed by atoms with Gasteiger partial charge < -0.3 is 19.5 Å². The number of imide groups is 1. The summed E-state index contributed by atoms with van der Waals surface area (Å²) in [5, 5.41) is 2.39. The minimum atomic E-state index is -0.636. The van der Waals surface area contributed by atoms with E-state index in [0.717, 1.165) is 4.90 Å². The number of carbonyl (C=O) groups excluding carboxylic acids is 4. The smallest absolute Gasteiger partial charge is 0.339 e. The summed E-state index contributed by atoms with van der Waals surface area (Å²) in [4.78, 5) is 51.0. The number of esters is 1. The Balaban J connectivity index is 1.72. The zero-order valence-electron chi connectivity index (χ0n) is 19.6. The zero-order chi connectivity index (χ0) is 26.4. The Kier molecular flexibility index (Phi) is 9.25. The maximum Gasteiger partial charge on any atom is 0.339 e. The lowest BCUT2D eigenvalue weighted by Gasteiger charge is -2.13. The van der Waals surface area contributed by atoms with Crippen molar-refractivity contribution in [1.29, 1.82) is 0 Å². The van der Waals surface area contributed by atoms with E-state index in [1.165, 1.54) is 38.5 Å². The van der Waals surface area contributed by atoms with E-state index < -0.39 is 29.6 Å². The molecule has 0 unspecified atom stereocenters. The Hall–Kier alpha value is -3.21. The first kappa shape index (κ1) is 27.4. The number of benzene rings is 2. The minimum Gasteiger partial charge on any atom is -0.493 e. The maximum atomic E-state index is 12.8. The summed E-state index contributed by atoms with van der Waals surface area (Å²) < 4.78 is 15.5. The van der Waals surface area contributed by atoms with Crippen LogP contribution < -0.4 is 14.8 Å². The van der Waals surface area contributed by atoms with E-state index >= 15 is 0 Å². The van der Waals surface area contributed by atoms with Gasteiger partial charge in [0, 0.05) is 5.69 Å². The molecule has 0 aromatic heterocycles. The molecule has 12 heteroatoms. The van der Waals surface area contributed by atoms with Crippen molar-refractivity contribution < 1.29 is 33.4 Å². The fourth-order valence-corrected chi connectivity index (χ4v) is 4.51. The molecule has 1 aliphatic heterocycles. The Labute approximate surface area is 221 Å². The second kappa shape index (κ2) is 12.2. The highest BCUT2D eigenvalue weighted by molar-refractivity contribution is 8.18. The van der Waals surface area contributed by atoms with Crippen molar-refractivity contribution in [1.82, 2.24) is 4.90 Å². The van der Waals surface area contributed by atoms with E-state index in [4.69, 9.17) is 37.4 Å². The fourth-order valence-electron chi connectivity index (χ4n) is 3.18. The van der Waals surface area contributed by atoms with Crippen LogP contribution >= 0.6 is 35.0 Å². The minimum absolute atomic E-state index is 0.0885. The van der Waals surface area contributed by atoms with E-state index in [1.807, 2.05) is 6.92 Å². The quantitative estimate of drug-likeness (QED) is 0.331. The number of methoxy groups -OCH3 is 2. The van der Waals surface area contributed by atoms with Gasteiger partial charge in [0.1, 0.15) is 6.54 Å². The lowest BCUT2D eigenvalue weighted by atomic mass is 10.1. The van der Waals surface area contributed by atoms with Crippen LogP contribution in [-0.2, 0) is 14.3 Å². The van der Waals surface area contributed by atoms with Gasteiger partial charge in [0.05, 0.1) is 41.3 Å². The molecule has 0 bridgehead atoms. The van der Waals surface area contributed by atoms with Gasteiger partial charge in [-0.25, -0.2) is 4.79 Å². The van der Waals surface area contributed by atoms with E-state index in [1.54, 1.807) is 12.1 Å². The average Bonchev–Trinajstić information content (AvgIpc) is 3.10. The maximum absolute atomic E-state index is 12.8. The molecule has 1 N–H and O–H groups in total. The van der Waals surface area contributed by atoms with Crippen LogP contribution in [0.3, 0.4) is 0 Å². The summed E-state index contributed by atoms with van der Waals surface area (Å²) in [6.45, 7) is 1.56. The summed E-state index contributed by atoms with van der Waals surface area (Å²) in [5.74, 6) is -1.20. The highest BCUT2D eigenvalue weighted by atomic mass is 35.5. The number of ether oxygens (including phenoxy) is 3. The molecule has 0 aliphatic carbocycles. The van der Waals surface area contributed by atoms with Crippen LogP contribution in [-0.4, -0.2) is 55.3 Å². The van der Waals surface area contributed by atoms with Gasteiger partial charge in [-0.1, -0.05) is 30.1 Å². The summed E-state index contributed by atoms with van der Waals surface area (Å²) in [7, 11) is 2.89. The second-order valence-electron chi connectivity index (χ2n) is 7.38. The van der Waals surface area contributed by atoms with Crippen molar-refractivity contribution in [2.75, 3.05) is 32.7 Å². The summed E-state index contributed by atoms with van der Waals surface area (Å²) >= 11 is 13.0. The summed E-state index contributed by atoms with van der Waals surface area (Å²) in [5.41, 5.74) is 0.859. The fraction of sp³-hybridized carbons (Fsp3) is 0.250. The van der Waals surface area contributed by atoms with Crippen LogP contribution in [0.1, 0.15) is 29.3 Å². The van der Waals surface area contributed by atoms with Crippen LogP contribution in [0.5, 0.6) is 11.5 Å². The lowest BCUT2D eigenvalue weighted by Crippen LogP contribution is -2.36. The largest absolute Gasteiger partial charge is 0.493 e. The van der Waals surface area contributed by atoms with E-state index in [0.29, 0.717) is 35.2 Å². The van der Waals surface area contributed by atoms with Crippen molar-refractivity contribution in [2.24, 2.45) is 0 Å². The van der Waals surface area contributed by atoms with Crippen LogP contribution in [0.25, 0.3) is 6.08 Å². The number of halogens is 2. The number of anilines is 1. The molecule has 2 aromatic rings. The topological polar surface area (TPSA) is 111 Å². The molecular weight excluding hydrogens is 531 g/mol.